The van der Waals surface area contributed by atoms with Crippen molar-refractivity contribution in [3.8, 4) is 11.5 Å². The quantitative estimate of drug-likeness (QED) is 0.776. The Bertz CT molecular complexity index is 287. The molecule has 0 aromatic heterocycles. The summed E-state index contributed by atoms with van der Waals surface area (Å²) >= 11 is 0. The SMILES string of the molecule is Oc1cccc(OC(F)F)c1.[CH2-]CCN[CH2-].[CH3-].[Pm]. The topological polar surface area (TPSA) is 41.5 Å². The molecule has 0 saturated carbocycles. The molecule has 0 bridgehead atoms. The summed E-state index contributed by atoms with van der Waals surface area (Å²) in [5.74, 6) is -0.136. The summed E-state index contributed by atoms with van der Waals surface area (Å²) in [5, 5.41) is 11.5. The van der Waals surface area contributed by atoms with E-state index in [1.807, 2.05) is 0 Å². The molecule has 1 radical (unpaired) electrons. The number of benzene rings is 1. The van der Waals surface area contributed by atoms with Gasteiger partial charge in [-0.15, -0.1) is 0 Å². The van der Waals surface area contributed by atoms with E-state index in [9.17, 15) is 8.78 Å². The number of phenols is 1. The molecule has 0 aliphatic carbocycles. The van der Waals surface area contributed by atoms with E-state index >= 15 is 0 Å². The number of phenolic OH excluding ortho intramolecular Hbond substituents is 1. The molecule has 0 aliphatic heterocycles. The molecule has 2 N–H and O–H groups in total. The van der Waals surface area contributed by atoms with Gasteiger partial charge in [-0.25, -0.2) is 0 Å². The van der Waals surface area contributed by atoms with Crippen LogP contribution in [0.25, 0.3) is 0 Å². The van der Waals surface area contributed by atoms with Gasteiger partial charge in [0.1, 0.15) is 11.5 Å². The number of alkyl halides is 2. The summed E-state index contributed by atoms with van der Waals surface area (Å²) < 4.78 is 27.1. The van der Waals surface area contributed by atoms with Crippen molar-refractivity contribution in [2.45, 2.75) is 13.0 Å². The maximum absolute atomic E-state index is 11.5. The van der Waals surface area contributed by atoms with Crippen molar-refractivity contribution in [1.29, 1.82) is 0 Å². The van der Waals surface area contributed by atoms with Gasteiger partial charge in [-0.3, -0.25) is 7.05 Å². The minimum absolute atomic E-state index is 0. The van der Waals surface area contributed by atoms with Crippen LogP contribution in [0.4, 0.5) is 8.78 Å². The van der Waals surface area contributed by atoms with E-state index in [-0.39, 0.29) is 59.3 Å². The number of aromatic hydroxyl groups is 1. The van der Waals surface area contributed by atoms with Crippen LogP contribution in [0.15, 0.2) is 24.3 Å². The molecule has 18 heavy (non-hydrogen) atoms. The third-order valence-electron chi connectivity index (χ3n) is 1.40. The van der Waals surface area contributed by atoms with Crippen LogP contribution in [0.2, 0.25) is 0 Å². The molecule has 0 saturated heterocycles. The fourth-order valence-electron chi connectivity index (χ4n) is 0.785. The number of halogens is 2. The second-order valence-electron chi connectivity index (χ2n) is 2.73. The second kappa shape index (κ2) is 15.0. The molecule has 0 fully saturated rings. The van der Waals surface area contributed by atoms with E-state index < -0.39 is 6.61 Å². The molecule has 105 valence electrons. The molecule has 0 aliphatic rings. The number of hydrogen-bond donors (Lipinski definition) is 2. The Morgan fingerprint density at radius 3 is 2.33 bits per heavy atom. The number of hydrogen-bond acceptors (Lipinski definition) is 3. The van der Waals surface area contributed by atoms with Gasteiger partial charge in [-0.2, -0.15) is 15.2 Å². The van der Waals surface area contributed by atoms with Gasteiger partial charge in [0.2, 0.25) is 0 Å². The Balaban J connectivity index is -0.000000282. The zero-order valence-corrected chi connectivity index (χ0v) is 13.1. The van der Waals surface area contributed by atoms with Crippen molar-refractivity contribution in [2.75, 3.05) is 6.54 Å². The summed E-state index contributed by atoms with van der Waals surface area (Å²) in [4.78, 5) is 0. The van der Waals surface area contributed by atoms with Crippen LogP contribution in [0.1, 0.15) is 6.42 Å². The summed E-state index contributed by atoms with van der Waals surface area (Å²) in [7, 11) is 3.39. The maximum atomic E-state index is 11.5. The smallest absolute Gasteiger partial charge is 0.387 e. The first-order chi connectivity index (χ1) is 7.60. The van der Waals surface area contributed by atoms with Crippen molar-refractivity contribution in [3.63, 3.8) is 0 Å². The summed E-state index contributed by atoms with van der Waals surface area (Å²) in [5.41, 5.74) is 0. The van der Waals surface area contributed by atoms with Gasteiger partial charge < -0.3 is 29.5 Å². The van der Waals surface area contributed by atoms with Crippen molar-refractivity contribution in [1.82, 2.24) is 5.32 Å². The first kappa shape index (κ1) is 23.1. The van der Waals surface area contributed by atoms with Gasteiger partial charge in [0.25, 0.3) is 0 Å². The van der Waals surface area contributed by atoms with Crippen LogP contribution in [0, 0.1) is 61.8 Å². The van der Waals surface area contributed by atoms with Crippen molar-refractivity contribution >= 4 is 0 Å². The van der Waals surface area contributed by atoms with E-state index in [4.69, 9.17) is 5.11 Å². The first-order valence-corrected chi connectivity index (χ1v) is 4.63. The molecule has 0 atom stereocenters. The van der Waals surface area contributed by atoms with Crippen molar-refractivity contribution < 1.29 is 59.0 Å². The van der Waals surface area contributed by atoms with Crippen LogP contribution < -0.4 is 10.1 Å². The molecule has 0 spiro atoms. The van der Waals surface area contributed by atoms with Gasteiger partial charge in [0, 0.05) is 46.5 Å². The molecular formula is C12H18F2NO2Pm-3. The predicted molar refractivity (Wildman–Crippen MR) is 64.5 cm³/mol. The molecule has 0 heterocycles. The molecule has 1 aromatic carbocycles. The number of nitrogens with one attached hydrogen (secondary N) is 1. The van der Waals surface area contributed by atoms with Gasteiger partial charge in [-0.05, 0) is 12.1 Å². The Morgan fingerprint density at radius 2 is 2.00 bits per heavy atom. The van der Waals surface area contributed by atoms with Gasteiger partial charge in [-0.1, -0.05) is 12.6 Å². The van der Waals surface area contributed by atoms with Crippen LogP contribution >= 0.6 is 0 Å². The average molecular weight is 391 g/mol. The van der Waals surface area contributed by atoms with E-state index in [2.05, 4.69) is 24.0 Å². The molecule has 0 amide bonds. The van der Waals surface area contributed by atoms with Crippen molar-refractivity contribution in [3.05, 3.63) is 45.7 Å². The summed E-state index contributed by atoms with van der Waals surface area (Å²) in [6, 6.07) is 5.25. The number of ether oxygens (including phenoxy) is 1. The molecule has 3 nitrogen and oxygen atoms in total. The van der Waals surface area contributed by atoms with Gasteiger partial charge in [0.05, 0.1) is 0 Å². The van der Waals surface area contributed by atoms with E-state index in [1.165, 1.54) is 18.2 Å². The summed E-state index contributed by atoms with van der Waals surface area (Å²) in [6.45, 7) is 1.64. The molecule has 0 unspecified atom stereocenters. The average Bonchev–Trinajstić information content (AvgIpc) is 2.18. The summed E-state index contributed by atoms with van der Waals surface area (Å²) in [6.07, 6.45) is 0.920. The first-order valence-electron chi connectivity index (χ1n) is 4.63. The van der Waals surface area contributed by atoms with E-state index in [0.717, 1.165) is 19.0 Å². The monoisotopic (exact) mass is 391 g/mol. The Morgan fingerprint density at radius 1 is 1.39 bits per heavy atom. The van der Waals surface area contributed by atoms with Crippen LogP contribution in [-0.2, 0) is 0 Å². The third kappa shape index (κ3) is 14.0. The van der Waals surface area contributed by atoms with Crippen LogP contribution in [0.3, 0.4) is 0 Å². The maximum Gasteiger partial charge on any atom is 0.387 e. The second-order valence-corrected chi connectivity index (χ2v) is 2.73. The largest absolute Gasteiger partial charge is 0.508 e. The fourth-order valence-corrected chi connectivity index (χ4v) is 0.785. The fraction of sp³-hybridized carbons (Fsp3) is 0.250. The zero-order valence-electron chi connectivity index (χ0n) is 10.3. The number of rotatable bonds is 4. The Kier molecular flexibility index (Phi) is 19.3. The Labute approximate surface area is 140 Å². The Hall–Kier alpha value is -0.0223. The molecule has 6 heteroatoms. The van der Waals surface area contributed by atoms with Crippen molar-refractivity contribution in [2.24, 2.45) is 0 Å². The van der Waals surface area contributed by atoms with E-state index in [0.29, 0.717) is 0 Å². The minimum Gasteiger partial charge on any atom is -0.508 e. The zero-order chi connectivity index (χ0) is 12.4. The van der Waals surface area contributed by atoms with Crippen LogP contribution in [-0.4, -0.2) is 18.3 Å². The normalized spacial score (nSPS) is 8.50. The van der Waals surface area contributed by atoms with Gasteiger partial charge >= 0.3 is 6.61 Å². The minimum atomic E-state index is -2.85. The molecular weight excluding hydrogens is 373 g/mol. The van der Waals surface area contributed by atoms with E-state index in [1.54, 1.807) is 0 Å². The van der Waals surface area contributed by atoms with Crippen LogP contribution in [0.5, 0.6) is 11.5 Å². The van der Waals surface area contributed by atoms with Gasteiger partial charge in [0.15, 0.2) is 0 Å². The standard InChI is InChI=1S/C7H6F2O2.C4H9N.CH3.Pm/c8-7(9)11-6-3-1-2-5(10)4-6;1-3-4-5-2;;/h1-4,7,10H;5H,1-4H2;1H3;/q;-2;-1;. The molecule has 1 rings (SSSR count). The molecule has 1 aromatic rings. The third-order valence-corrected chi connectivity index (χ3v) is 1.40. The predicted octanol–water partition coefficient (Wildman–Crippen LogP) is 3.04.